The number of nitrogens with one attached hydrogen (secondary N) is 1. The average molecular weight is 430 g/mol. The van der Waals surface area contributed by atoms with Crippen molar-refractivity contribution >= 4 is 5.91 Å². The molecule has 1 aliphatic heterocycles. The maximum atomic E-state index is 13.1. The van der Waals surface area contributed by atoms with Gasteiger partial charge in [-0.25, -0.2) is 0 Å². The zero-order chi connectivity index (χ0) is 22.4. The summed E-state index contributed by atoms with van der Waals surface area (Å²) in [5.41, 5.74) is 1.31. The van der Waals surface area contributed by atoms with Crippen molar-refractivity contribution in [3.63, 3.8) is 0 Å². The average Bonchev–Trinajstić information content (AvgIpc) is 3.08. The van der Waals surface area contributed by atoms with Gasteiger partial charge in [-0.15, -0.1) is 0 Å². The summed E-state index contributed by atoms with van der Waals surface area (Å²) in [4.78, 5) is 13.1. The molecule has 2 aromatic carbocycles. The molecule has 1 amide bonds. The molecule has 0 saturated carbocycles. The van der Waals surface area contributed by atoms with Crippen molar-refractivity contribution in [3.8, 4) is 23.0 Å². The van der Waals surface area contributed by atoms with Gasteiger partial charge in [0.15, 0.2) is 11.5 Å². The Labute approximate surface area is 183 Å². The number of aliphatic hydroxyl groups is 1. The first-order valence-corrected chi connectivity index (χ1v) is 10.3. The lowest BCUT2D eigenvalue weighted by molar-refractivity contribution is -0.128. The van der Waals surface area contributed by atoms with Crippen LogP contribution in [0.3, 0.4) is 0 Å². The molecule has 0 radical (unpaired) electrons. The summed E-state index contributed by atoms with van der Waals surface area (Å²) in [5, 5.41) is 12.8. The van der Waals surface area contributed by atoms with E-state index in [4.69, 9.17) is 18.9 Å². The van der Waals surface area contributed by atoms with Gasteiger partial charge in [0.25, 0.3) is 0 Å². The lowest BCUT2D eigenvalue weighted by Crippen LogP contribution is -2.35. The first-order valence-electron chi connectivity index (χ1n) is 10.3. The van der Waals surface area contributed by atoms with Crippen LogP contribution in [0.5, 0.6) is 23.0 Å². The molecule has 0 aliphatic carbocycles. The van der Waals surface area contributed by atoms with Gasteiger partial charge in [-0.3, -0.25) is 4.79 Å². The van der Waals surface area contributed by atoms with Gasteiger partial charge in [-0.1, -0.05) is 18.2 Å². The lowest BCUT2D eigenvalue weighted by Gasteiger charge is -2.26. The number of hydrogen-bond donors (Lipinski definition) is 2. The third-order valence-electron chi connectivity index (χ3n) is 6.00. The number of benzene rings is 2. The van der Waals surface area contributed by atoms with Gasteiger partial charge in [-0.05, 0) is 49.4 Å². The topological polar surface area (TPSA) is 86.2 Å². The van der Waals surface area contributed by atoms with Gasteiger partial charge in [0, 0.05) is 18.2 Å². The molecular weight excluding hydrogens is 398 g/mol. The van der Waals surface area contributed by atoms with E-state index in [9.17, 15) is 9.90 Å². The Balaban J connectivity index is 1.83. The van der Waals surface area contributed by atoms with Gasteiger partial charge in [0.2, 0.25) is 11.7 Å². The molecule has 2 unspecified atom stereocenters. The molecule has 168 valence electrons. The van der Waals surface area contributed by atoms with Crippen LogP contribution in [0, 0.1) is 5.41 Å². The molecule has 1 fully saturated rings. The molecule has 3 rings (SSSR count). The number of hydrogen-bond acceptors (Lipinski definition) is 6. The smallest absolute Gasteiger partial charge is 0.226 e. The van der Waals surface area contributed by atoms with Crippen molar-refractivity contribution in [2.45, 2.75) is 31.7 Å². The number of amides is 1. The second-order valence-corrected chi connectivity index (χ2v) is 7.85. The largest absolute Gasteiger partial charge is 0.497 e. The van der Waals surface area contributed by atoms with Crippen LogP contribution in [-0.4, -0.2) is 52.1 Å². The fourth-order valence-electron chi connectivity index (χ4n) is 4.47. The molecule has 0 bridgehead atoms. The first-order chi connectivity index (χ1) is 15.0. The van der Waals surface area contributed by atoms with Crippen LogP contribution in [-0.2, 0) is 17.6 Å². The number of aliphatic hydroxyl groups excluding tert-OH is 1. The van der Waals surface area contributed by atoms with Gasteiger partial charge in [-0.2, -0.15) is 0 Å². The minimum Gasteiger partial charge on any atom is -0.497 e. The third kappa shape index (κ3) is 4.71. The number of carbonyl (C=O) groups is 1. The summed E-state index contributed by atoms with van der Waals surface area (Å²) in [6, 6.07) is 11.4. The van der Waals surface area contributed by atoms with E-state index in [2.05, 4.69) is 5.32 Å². The summed E-state index contributed by atoms with van der Waals surface area (Å²) < 4.78 is 21.7. The molecule has 2 aromatic rings. The summed E-state index contributed by atoms with van der Waals surface area (Å²) in [7, 11) is 6.37. The van der Waals surface area contributed by atoms with E-state index >= 15 is 0 Å². The fraction of sp³-hybridized carbons (Fsp3) is 0.458. The molecule has 1 saturated heterocycles. The van der Waals surface area contributed by atoms with Crippen LogP contribution in [0.1, 0.15) is 24.0 Å². The van der Waals surface area contributed by atoms with Crippen LogP contribution < -0.4 is 24.3 Å². The van der Waals surface area contributed by atoms with Gasteiger partial charge < -0.3 is 29.4 Å². The highest BCUT2D eigenvalue weighted by Crippen LogP contribution is 2.43. The van der Waals surface area contributed by atoms with Crippen molar-refractivity contribution in [2.75, 3.05) is 35.0 Å². The maximum Gasteiger partial charge on any atom is 0.226 e. The lowest BCUT2D eigenvalue weighted by atomic mass is 9.76. The van der Waals surface area contributed by atoms with E-state index in [0.29, 0.717) is 42.9 Å². The van der Waals surface area contributed by atoms with E-state index < -0.39 is 5.41 Å². The SMILES string of the molecule is COc1ccc(CC2(CCO)CC(Cc3ccc(OC)c(OC)c3OC)NC2=O)cc1. The summed E-state index contributed by atoms with van der Waals surface area (Å²) in [6.07, 6.45) is 2.17. The normalized spacial score (nSPS) is 20.3. The van der Waals surface area contributed by atoms with E-state index in [1.807, 2.05) is 36.4 Å². The van der Waals surface area contributed by atoms with Crippen molar-refractivity contribution in [3.05, 3.63) is 47.5 Å². The van der Waals surface area contributed by atoms with Crippen LogP contribution in [0.2, 0.25) is 0 Å². The standard InChI is InChI=1S/C24H31NO6/c1-28-19-8-5-16(6-9-19)14-24(11-12-26)15-18(25-23(24)27)13-17-7-10-20(29-2)22(31-4)21(17)30-3/h5-10,18,26H,11-15H2,1-4H3,(H,25,27). The number of methoxy groups -OCH3 is 4. The van der Waals surface area contributed by atoms with Crippen LogP contribution in [0.4, 0.5) is 0 Å². The molecule has 0 aromatic heterocycles. The molecule has 7 heteroatoms. The monoisotopic (exact) mass is 429 g/mol. The van der Waals surface area contributed by atoms with Crippen molar-refractivity contribution < 1.29 is 28.8 Å². The second kappa shape index (κ2) is 9.92. The summed E-state index contributed by atoms with van der Waals surface area (Å²) >= 11 is 0. The van der Waals surface area contributed by atoms with Crippen LogP contribution in [0.15, 0.2) is 36.4 Å². The Morgan fingerprint density at radius 3 is 2.26 bits per heavy atom. The summed E-state index contributed by atoms with van der Waals surface area (Å²) in [6.45, 7) is -0.0457. The zero-order valence-electron chi connectivity index (χ0n) is 18.6. The third-order valence-corrected chi connectivity index (χ3v) is 6.00. The van der Waals surface area contributed by atoms with Crippen molar-refractivity contribution in [2.24, 2.45) is 5.41 Å². The van der Waals surface area contributed by atoms with Crippen LogP contribution in [0.25, 0.3) is 0 Å². The fourth-order valence-corrected chi connectivity index (χ4v) is 4.47. The molecular formula is C24H31NO6. The minimum absolute atomic E-state index is 0.0261. The maximum absolute atomic E-state index is 13.1. The molecule has 7 nitrogen and oxygen atoms in total. The van der Waals surface area contributed by atoms with Crippen molar-refractivity contribution in [1.29, 1.82) is 0 Å². The predicted molar refractivity (Wildman–Crippen MR) is 117 cm³/mol. The molecule has 1 aliphatic rings. The Hall–Kier alpha value is -2.93. The number of ether oxygens (including phenoxy) is 4. The second-order valence-electron chi connectivity index (χ2n) is 7.85. The van der Waals surface area contributed by atoms with E-state index in [1.54, 1.807) is 28.4 Å². The Morgan fingerprint density at radius 2 is 1.68 bits per heavy atom. The first kappa shape index (κ1) is 22.7. The van der Waals surface area contributed by atoms with Crippen molar-refractivity contribution in [1.82, 2.24) is 5.32 Å². The predicted octanol–water partition coefficient (Wildman–Crippen LogP) is 2.76. The quantitative estimate of drug-likeness (QED) is 0.604. The molecule has 0 spiro atoms. The highest BCUT2D eigenvalue weighted by molar-refractivity contribution is 5.85. The number of rotatable bonds is 10. The highest BCUT2D eigenvalue weighted by Gasteiger charge is 2.46. The number of carbonyl (C=O) groups excluding carboxylic acids is 1. The Bertz CT molecular complexity index is 898. The van der Waals surface area contributed by atoms with E-state index in [-0.39, 0.29) is 18.6 Å². The Morgan fingerprint density at radius 1 is 0.968 bits per heavy atom. The van der Waals surface area contributed by atoms with E-state index in [1.165, 1.54) is 0 Å². The Kier molecular flexibility index (Phi) is 7.28. The van der Waals surface area contributed by atoms with E-state index in [0.717, 1.165) is 16.9 Å². The summed E-state index contributed by atoms with van der Waals surface area (Å²) in [5.74, 6) is 2.47. The molecule has 31 heavy (non-hydrogen) atoms. The minimum atomic E-state index is -0.655. The van der Waals surface area contributed by atoms with Crippen LogP contribution >= 0.6 is 0 Å². The van der Waals surface area contributed by atoms with Gasteiger partial charge in [0.05, 0.1) is 33.9 Å². The van der Waals surface area contributed by atoms with Gasteiger partial charge >= 0.3 is 0 Å². The molecule has 2 atom stereocenters. The molecule has 1 heterocycles. The van der Waals surface area contributed by atoms with Gasteiger partial charge in [0.1, 0.15) is 5.75 Å². The highest BCUT2D eigenvalue weighted by atomic mass is 16.5. The zero-order valence-corrected chi connectivity index (χ0v) is 18.6. The molecule has 2 N–H and O–H groups in total.